The summed E-state index contributed by atoms with van der Waals surface area (Å²) in [6, 6.07) is 10.1. The first kappa shape index (κ1) is 28.0. The van der Waals surface area contributed by atoms with E-state index in [4.69, 9.17) is 4.74 Å². The molecule has 1 amide bonds. The summed E-state index contributed by atoms with van der Waals surface area (Å²) < 4.78 is 113. The molecule has 38 heavy (non-hydrogen) atoms. The Hall–Kier alpha value is -3.00. The Morgan fingerprint density at radius 3 is 2.05 bits per heavy atom. The molecule has 2 fully saturated rings. The fourth-order valence-corrected chi connectivity index (χ4v) is 6.23. The zero-order chi connectivity index (χ0) is 27.9. The van der Waals surface area contributed by atoms with E-state index >= 15 is 0 Å². The molecule has 1 spiro atoms. The molecule has 14 heteroatoms. The molecule has 208 valence electrons. The lowest BCUT2D eigenvalue weighted by atomic mass is 9.77. The Morgan fingerprint density at radius 1 is 0.895 bits per heavy atom. The Labute approximate surface area is 215 Å². The van der Waals surface area contributed by atoms with Gasteiger partial charge in [0.25, 0.3) is 0 Å². The SMILES string of the molecule is CC(Oc1ccc(N2CCC3(CCN(S(=O)(=O)c4ccccc4OC(F)(F)F)CC3)C2=O)cc1)C(F)(F)F. The van der Waals surface area contributed by atoms with Crippen molar-refractivity contribution in [2.45, 2.75) is 49.7 Å². The van der Waals surface area contributed by atoms with E-state index in [0.29, 0.717) is 18.7 Å². The number of rotatable bonds is 6. The van der Waals surface area contributed by atoms with Gasteiger partial charge in [0.15, 0.2) is 6.10 Å². The van der Waals surface area contributed by atoms with E-state index in [1.807, 2.05) is 0 Å². The van der Waals surface area contributed by atoms with E-state index in [-0.39, 0.29) is 37.6 Å². The van der Waals surface area contributed by atoms with Crippen LogP contribution in [0.1, 0.15) is 26.2 Å². The number of alkyl halides is 6. The highest BCUT2D eigenvalue weighted by Crippen LogP contribution is 2.44. The predicted molar refractivity (Wildman–Crippen MR) is 123 cm³/mol. The van der Waals surface area contributed by atoms with Crippen molar-refractivity contribution in [3.63, 3.8) is 0 Å². The minimum absolute atomic E-state index is 0.00627. The van der Waals surface area contributed by atoms with Crippen LogP contribution in [0.15, 0.2) is 53.4 Å². The highest BCUT2D eigenvalue weighted by Gasteiger charge is 2.50. The second-order valence-electron chi connectivity index (χ2n) is 9.18. The summed E-state index contributed by atoms with van der Waals surface area (Å²) in [7, 11) is -4.33. The first-order valence-electron chi connectivity index (χ1n) is 11.6. The molecule has 0 aliphatic carbocycles. The Kier molecular flexibility index (Phi) is 7.34. The van der Waals surface area contributed by atoms with Crippen molar-refractivity contribution in [1.82, 2.24) is 4.31 Å². The molecular weight excluding hydrogens is 542 g/mol. The van der Waals surface area contributed by atoms with Gasteiger partial charge in [0, 0.05) is 25.3 Å². The van der Waals surface area contributed by atoms with Crippen LogP contribution in [-0.4, -0.2) is 56.9 Å². The maximum Gasteiger partial charge on any atom is 0.573 e. The summed E-state index contributed by atoms with van der Waals surface area (Å²) >= 11 is 0. The Morgan fingerprint density at radius 2 is 1.47 bits per heavy atom. The lowest BCUT2D eigenvalue weighted by Crippen LogP contribution is -2.46. The highest BCUT2D eigenvalue weighted by atomic mass is 32.2. The summed E-state index contributed by atoms with van der Waals surface area (Å²) in [5.41, 5.74) is -0.388. The van der Waals surface area contributed by atoms with Crippen molar-refractivity contribution in [1.29, 1.82) is 0 Å². The van der Waals surface area contributed by atoms with Crippen LogP contribution in [-0.2, 0) is 14.8 Å². The van der Waals surface area contributed by atoms with Crippen LogP contribution in [0.25, 0.3) is 0 Å². The van der Waals surface area contributed by atoms with Gasteiger partial charge in [-0.15, -0.1) is 13.2 Å². The van der Waals surface area contributed by atoms with Gasteiger partial charge in [0.2, 0.25) is 15.9 Å². The Balaban J connectivity index is 1.44. The van der Waals surface area contributed by atoms with Crippen LogP contribution < -0.4 is 14.4 Å². The lowest BCUT2D eigenvalue weighted by Gasteiger charge is -2.37. The normalized spacial score (nSPS) is 19.6. The van der Waals surface area contributed by atoms with Crippen LogP contribution in [0.3, 0.4) is 0 Å². The topological polar surface area (TPSA) is 76.2 Å². The summed E-state index contributed by atoms with van der Waals surface area (Å²) in [5, 5.41) is 0. The van der Waals surface area contributed by atoms with Gasteiger partial charge in [-0.2, -0.15) is 17.5 Å². The molecule has 0 aromatic heterocycles. The van der Waals surface area contributed by atoms with E-state index in [1.165, 1.54) is 41.3 Å². The average molecular weight is 567 g/mol. The number of nitrogens with zero attached hydrogens (tertiary/aromatic N) is 2. The minimum Gasteiger partial charge on any atom is -0.481 e. The van der Waals surface area contributed by atoms with Crippen molar-refractivity contribution in [3.8, 4) is 11.5 Å². The molecule has 1 unspecified atom stereocenters. The minimum atomic E-state index is -5.07. The predicted octanol–water partition coefficient (Wildman–Crippen LogP) is 5.12. The van der Waals surface area contributed by atoms with Crippen LogP contribution in [0.4, 0.5) is 32.0 Å². The maximum atomic E-state index is 13.3. The standard InChI is InChI=1S/C24H24F6N2O5S/c1-16(23(25,26)27)36-18-8-6-17(7-9-18)32-15-12-22(21(32)33)10-13-31(14-11-22)38(34,35)20-5-3-2-4-19(20)37-24(28,29)30/h2-9,16H,10-15H2,1H3. The summed E-state index contributed by atoms with van der Waals surface area (Å²) in [6.07, 6.45) is -10.8. The monoisotopic (exact) mass is 566 g/mol. The number of carbonyl (C=O) groups is 1. The van der Waals surface area contributed by atoms with Crippen molar-refractivity contribution < 1.29 is 49.0 Å². The number of ether oxygens (including phenoxy) is 2. The maximum absolute atomic E-state index is 13.3. The van der Waals surface area contributed by atoms with Gasteiger partial charge in [0.1, 0.15) is 16.4 Å². The number of piperidine rings is 1. The molecule has 0 radical (unpaired) electrons. The third-order valence-electron chi connectivity index (χ3n) is 6.81. The molecular formula is C24H24F6N2O5S. The number of benzene rings is 2. The van der Waals surface area contributed by atoms with Crippen molar-refractivity contribution >= 4 is 21.6 Å². The molecule has 2 aromatic rings. The Bertz CT molecular complexity index is 1270. The number of carbonyl (C=O) groups excluding carboxylic acids is 1. The van der Waals surface area contributed by atoms with E-state index in [9.17, 15) is 39.6 Å². The number of hydrogen-bond donors (Lipinski definition) is 0. The first-order chi connectivity index (χ1) is 17.6. The van der Waals surface area contributed by atoms with Gasteiger partial charge in [-0.3, -0.25) is 4.79 Å². The molecule has 1 atom stereocenters. The summed E-state index contributed by atoms with van der Waals surface area (Å²) in [5.74, 6) is -1.08. The fourth-order valence-electron chi connectivity index (χ4n) is 4.67. The van der Waals surface area contributed by atoms with E-state index in [1.54, 1.807) is 0 Å². The number of para-hydroxylation sites is 1. The van der Waals surface area contributed by atoms with Crippen LogP contribution in [0, 0.1) is 5.41 Å². The van der Waals surface area contributed by atoms with Crippen molar-refractivity contribution in [2.24, 2.45) is 5.41 Å². The smallest absolute Gasteiger partial charge is 0.481 e. The highest BCUT2D eigenvalue weighted by molar-refractivity contribution is 7.89. The first-order valence-corrected chi connectivity index (χ1v) is 13.1. The van der Waals surface area contributed by atoms with E-state index in [0.717, 1.165) is 23.4 Å². The van der Waals surface area contributed by atoms with Crippen LogP contribution in [0.2, 0.25) is 0 Å². The quantitative estimate of drug-likeness (QED) is 0.454. The van der Waals surface area contributed by atoms with E-state index in [2.05, 4.69) is 4.74 Å². The third-order valence-corrected chi connectivity index (χ3v) is 8.75. The number of amides is 1. The molecule has 4 rings (SSSR count). The third kappa shape index (κ3) is 5.70. The van der Waals surface area contributed by atoms with E-state index < -0.39 is 44.7 Å². The number of anilines is 1. The molecule has 2 heterocycles. The molecule has 0 bridgehead atoms. The van der Waals surface area contributed by atoms with Gasteiger partial charge in [0.05, 0.1) is 5.41 Å². The van der Waals surface area contributed by atoms with Gasteiger partial charge >= 0.3 is 12.5 Å². The second-order valence-corrected chi connectivity index (χ2v) is 11.1. The van der Waals surface area contributed by atoms with Gasteiger partial charge < -0.3 is 14.4 Å². The number of halogens is 6. The fraction of sp³-hybridized carbons (Fsp3) is 0.458. The molecule has 0 saturated carbocycles. The summed E-state index contributed by atoms with van der Waals surface area (Å²) in [6.45, 7) is 1.05. The number of sulfonamides is 1. The second kappa shape index (κ2) is 9.95. The van der Waals surface area contributed by atoms with Gasteiger partial charge in [-0.25, -0.2) is 8.42 Å². The molecule has 2 saturated heterocycles. The largest absolute Gasteiger partial charge is 0.573 e. The molecule has 2 aliphatic rings. The lowest BCUT2D eigenvalue weighted by molar-refractivity contribution is -0.275. The average Bonchev–Trinajstić information content (AvgIpc) is 3.14. The van der Waals surface area contributed by atoms with Crippen molar-refractivity contribution in [3.05, 3.63) is 48.5 Å². The summed E-state index contributed by atoms with van der Waals surface area (Å²) in [4.78, 5) is 14.2. The molecule has 2 aromatic carbocycles. The zero-order valence-electron chi connectivity index (χ0n) is 20.1. The van der Waals surface area contributed by atoms with Crippen LogP contribution >= 0.6 is 0 Å². The molecule has 7 nitrogen and oxygen atoms in total. The van der Waals surface area contributed by atoms with Crippen LogP contribution in [0.5, 0.6) is 11.5 Å². The van der Waals surface area contributed by atoms with Gasteiger partial charge in [-0.05, 0) is 62.6 Å². The zero-order valence-corrected chi connectivity index (χ0v) is 20.9. The molecule has 0 N–H and O–H groups in total. The molecule has 2 aliphatic heterocycles. The van der Waals surface area contributed by atoms with Crippen molar-refractivity contribution in [2.75, 3.05) is 24.5 Å². The number of hydrogen-bond acceptors (Lipinski definition) is 5. The van der Waals surface area contributed by atoms with Gasteiger partial charge in [-0.1, -0.05) is 12.1 Å².